The molecule has 1 aromatic carbocycles. The minimum absolute atomic E-state index is 0.240. The first-order valence-corrected chi connectivity index (χ1v) is 7.71. The monoisotopic (exact) mass is 327 g/mol. The van der Waals surface area contributed by atoms with Gasteiger partial charge in [0.15, 0.2) is 11.3 Å². The van der Waals surface area contributed by atoms with E-state index in [1.807, 2.05) is 19.1 Å². The van der Waals surface area contributed by atoms with Gasteiger partial charge in [-0.1, -0.05) is 6.07 Å². The molecule has 0 bridgehead atoms. The van der Waals surface area contributed by atoms with Gasteiger partial charge in [0, 0.05) is 0 Å². The predicted octanol–water partition coefficient (Wildman–Crippen LogP) is 2.43. The Balaban J connectivity index is 2.04. The average Bonchev–Trinajstić information content (AvgIpc) is 3.14. The summed E-state index contributed by atoms with van der Waals surface area (Å²) in [6.07, 6.45) is 0. The summed E-state index contributed by atoms with van der Waals surface area (Å²) in [6, 6.07) is 6.11. The summed E-state index contributed by atoms with van der Waals surface area (Å²) < 4.78 is 6.50. The number of rotatable bonds is 2. The molecule has 0 aliphatic rings. The zero-order valence-electron chi connectivity index (χ0n) is 12.4. The minimum Gasteiger partial charge on any atom is -0.495 e. The summed E-state index contributed by atoms with van der Waals surface area (Å²) >= 11 is 1.55. The molecule has 7 nitrogen and oxygen atoms in total. The smallest absolute Gasteiger partial charge is 0.292 e. The van der Waals surface area contributed by atoms with Gasteiger partial charge < -0.3 is 10.5 Å². The fraction of sp³-hybridized carbons (Fsp3) is 0.133. The number of nitrogens with zero attached hydrogens (tertiary/aromatic N) is 2. The number of fused-ring (bicyclic) bond motifs is 2. The van der Waals surface area contributed by atoms with Gasteiger partial charge in [-0.05, 0) is 30.0 Å². The third kappa shape index (κ3) is 1.99. The van der Waals surface area contributed by atoms with Crippen LogP contribution in [0.1, 0.15) is 5.56 Å². The largest absolute Gasteiger partial charge is 0.495 e. The van der Waals surface area contributed by atoms with Crippen molar-refractivity contribution in [1.82, 2.24) is 20.4 Å². The molecule has 4 aromatic rings. The number of benzene rings is 1. The van der Waals surface area contributed by atoms with E-state index in [-0.39, 0.29) is 16.9 Å². The third-order valence-corrected chi connectivity index (χ3v) is 4.89. The van der Waals surface area contributed by atoms with Crippen LogP contribution in [0.15, 0.2) is 23.0 Å². The number of hydrogen-bond acceptors (Lipinski definition) is 6. The molecule has 23 heavy (non-hydrogen) atoms. The van der Waals surface area contributed by atoms with Crippen LogP contribution in [0.5, 0.6) is 5.75 Å². The molecule has 4 N–H and O–H groups in total. The Kier molecular flexibility index (Phi) is 2.88. The number of H-pyrrole nitrogens is 2. The zero-order valence-corrected chi connectivity index (χ0v) is 13.2. The number of nitrogens with one attached hydrogen (secondary N) is 2. The van der Waals surface area contributed by atoms with Gasteiger partial charge in [-0.25, -0.2) is 5.10 Å². The first kappa shape index (κ1) is 13.8. The molecule has 0 aliphatic carbocycles. The van der Waals surface area contributed by atoms with Gasteiger partial charge in [0.2, 0.25) is 0 Å². The maximum absolute atomic E-state index is 11.8. The lowest BCUT2D eigenvalue weighted by Crippen LogP contribution is -2.10. The van der Waals surface area contributed by atoms with Crippen LogP contribution >= 0.6 is 11.3 Å². The Morgan fingerprint density at radius 2 is 2.04 bits per heavy atom. The number of thiophene rings is 1. The summed E-state index contributed by atoms with van der Waals surface area (Å²) in [4.78, 5) is 12.7. The molecular weight excluding hydrogens is 314 g/mol. The minimum atomic E-state index is -0.369. The first-order valence-electron chi connectivity index (χ1n) is 6.89. The van der Waals surface area contributed by atoms with Crippen molar-refractivity contribution in [2.75, 3.05) is 12.8 Å². The topological polar surface area (TPSA) is 110 Å². The van der Waals surface area contributed by atoms with Crippen molar-refractivity contribution in [3.63, 3.8) is 0 Å². The van der Waals surface area contributed by atoms with Crippen LogP contribution in [0, 0.1) is 6.92 Å². The van der Waals surface area contributed by atoms with E-state index >= 15 is 0 Å². The molecular formula is C15H13N5O2S. The molecule has 0 unspecified atom stereocenters. The molecule has 3 aromatic heterocycles. The van der Waals surface area contributed by atoms with Gasteiger partial charge in [0.1, 0.15) is 5.75 Å². The number of nitrogen functional groups attached to an aromatic ring is 1. The highest BCUT2D eigenvalue weighted by Gasteiger charge is 2.17. The van der Waals surface area contributed by atoms with Crippen LogP contribution in [0.4, 0.5) is 5.82 Å². The van der Waals surface area contributed by atoms with E-state index < -0.39 is 0 Å². The SMILES string of the molecule is COc1cc(C)cc2cc(-c3[nH]nc4c(=O)[nH]nc(N)c34)sc12. The van der Waals surface area contributed by atoms with Crippen LogP contribution in [0.25, 0.3) is 31.6 Å². The van der Waals surface area contributed by atoms with Gasteiger partial charge in [-0.3, -0.25) is 9.89 Å². The van der Waals surface area contributed by atoms with Crippen molar-refractivity contribution < 1.29 is 4.74 Å². The van der Waals surface area contributed by atoms with Crippen LogP contribution in [0.3, 0.4) is 0 Å². The second-order valence-corrected chi connectivity index (χ2v) is 6.31. The van der Waals surface area contributed by atoms with E-state index in [4.69, 9.17) is 10.5 Å². The van der Waals surface area contributed by atoms with E-state index in [9.17, 15) is 4.79 Å². The van der Waals surface area contributed by atoms with Gasteiger partial charge in [-0.2, -0.15) is 10.2 Å². The van der Waals surface area contributed by atoms with Crippen molar-refractivity contribution >= 4 is 38.1 Å². The lowest BCUT2D eigenvalue weighted by molar-refractivity contribution is 0.420. The molecule has 116 valence electrons. The summed E-state index contributed by atoms with van der Waals surface area (Å²) in [5, 5.41) is 14.7. The third-order valence-electron chi connectivity index (χ3n) is 3.71. The summed E-state index contributed by atoms with van der Waals surface area (Å²) in [6.45, 7) is 2.02. The van der Waals surface area contributed by atoms with Gasteiger partial charge in [-0.15, -0.1) is 11.3 Å². The van der Waals surface area contributed by atoms with Crippen molar-refractivity contribution in [2.24, 2.45) is 0 Å². The molecule has 4 rings (SSSR count). The number of nitrogens with two attached hydrogens (primary N) is 1. The normalized spacial score (nSPS) is 11.4. The molecule has 0 aliphatic heterocycles. The second kappa shape index (κ2) is 4.82. The Bertz CT molecular complexity index is 1110. The molecule has 0 radical (unpaired) electrons. The van der Waals surface area contributed by atoms with E-state index in [0.29, 0.717) is 11.1 Å². The number of aromatic amines is 2. The first-order chi connectivity index (χ1) is 11.1. The molecule has 3 heterocycles. The Labute approximate surface area is 134 Å². The average molecular weight is 327 g/mol. The van der Waals surface area contributed by atoms with Gasteiger partial charge in [0.05, 0.1) is 27.8 Å². The number of ether oxygens (including phenoxy) is 1. The number of hydrogen-bond donors (Lipinski definition) is 3. The summed E-state index contributed by atoms with van der Waals surface area (Å²) in [7, 11) is 1.65. The van der Waals surface area contributed by atoms with Gasteiger partial charge in [0.25, 0.3) is 5.56 Å². The highest BCUT2D eigenvalue weighted by atomic mass is 32.1. The summed E-state index contributed by atoms with van der Waals surface area (Å²) in [5.74, 6) is 1.06. The number of methoxy groups -OCH3 is 1. The molecule has 0 saturated heterocycles. The van der Waals surface area contributed by atoms with Crippen molar-refractivity contribution in [2.45, 2.75) is 6.92 Å². The van der Waals surface area contributed by atoms with E-state index in [0.717, 1.165) is 26.3 Å². The standard InChI is InChI=1S/C15H13N5O2S/c1-6-3-7-5-9(23-13(7)8(4-6)22-2)11-10-12(18-17-11)15(21)20-19-14(10)16/h3-5H,1-2H3,(H2,16,19)(H,17,18)(H,20,21). The van der Waals surface area contributed by atoms with Crippen LogP contribution in [-0.4, -0.2) is 27.5 Å². The second-order valence-electron chi connectivity index (χ2n) is 5.26. The fourth-order valence-electron chi connectivity index (χ4n) is 2.69. The molecule has 0 saturated carbocycles. The Hall–Kier alpha value is -2.87. The van der Waals surface area contributed by atoms with Crippen molar-refractivity contribution in [3.05, 3.63) is 34.1 Å². The number of aryl methyl sites for hydroxylation is 1. The predicted molar refractivity (Wildman–Crippen MR) is 91.0 cm³/mol. The molecule has 0 fully saturated rings. The van der Waals surface area contributed by atoms with Crippen molar-refractivity contribution in [3.8, 4) is 16.3 Å². The maximum Gasteiger partial charge on any atom is 0.292 e. The summed E-state index contributed by atoms with van der Waals surface area (Å²) in [5.41, 5.74) is 7.62. The van der Waals surface area contributed by atoms with Crippen LogP contribution in [0.2, 0.25) is 0 Å². The van der Waals surface area contributed by atoms with Crippen LogP contribution in [-0.2, 0) is 0 Å². The highest BCUT2D eigenvalue weighted by molar-refractivity contribution is 7.22. The molecule has 8 heteroatoms. The Morgan fingerprint density at radius 1 is 1.22 bits per heavy atom. The lowest BCUT2D eigenvalue weighted by Gasteiger charge is -2.02. The van der Waals surface area contributed by atoms with Gasteiger partial charge >= 0.3 is 0 Å². The number of aromatic nitrogens is 4. The fourth-order valence-corrected chi connectivity index (χ4v) is 3.83. The quantitative estimate of drug-likeness (QED) is 0.524. The maximum atomic E-state index is 11.8. The molecule has 0 atom stereocenters. The van der Waals surface area contributed by atoms with E-state index in [2.05, 4.69) is 26.5 Å². The highest BCUT2D eigenvalue weighted by Crippen LogP contribution is 2.40. The zero-order chi connectivity index (χ0) is 16.1. The lowest BCUT2D eigenvalue weighted by atomic mass is 10.1. The molecule has 0 amide bonds. The van der Waals surface area contributed by atoms with Crippen LogP contribution < -0.4 is 16.0 Å². The van der Waals surface area contributed by atoms with E-state index in [1.165, 1.54) is 0 Å². The Morgan fingerprint density at radius 3 is 2.83 bits per heavy atom. The molecule has 0 spiro atoms. The van der Waals surface area contributed by atoms with E-state index in [1.54, 1.807) is 18.4 Å². The number of anilines is 1. The van der Waals surface area contributed by atoms with Crippen molar-refractivity contribution in [1.29, 1.82) is 0 Å².